The smallest absolute Gasteiger partial charge is 0.151 e. The van der Waals surface area contributed by atoms with Crippen LogP contribution >= 0.6 is 11.3 Å². The monoisotopic (exact) mass is 310 g/mol. The van der Waals surface area contributed by atoms with E-state index >= 15 is 0 Å². The number of benzene rings is 1. The molecule has 0 radical (unpaired) electrons. The fourth-order valence-electron chi connectivity index (χ4n) is 1.70. The largest absolute Gasteiger partial charge is 0.309 e. The Labute approximate surface area is 123 Å². The summed E-state index contributed by atoms with van der Waals surface area (Å²) in [6.45, 7) is 2.75. The van der Waals surface area contributed by atoms with Gasteiger partial charge < -0.3 is 5.32 Å². The van der Waals surface area contributed by atoms with Gasteiger partial charge in [0.15, 0.2) is 9.84 Å². The Hall–Kier alpha value is -1.24. The van der Waals surface area contributed by atoms with Gasteiger partial charge >= 0.3 is 0 Å². The van der Waals surface area contributed by atoms with Gasteiger partial charge in [0.05, 0.1) is 11.4 Å². The molecule has 1 aromatic carbocycles. The van der Waals surface area contributed by atoms with Gasteiger partial charge in [-0.25, -0.2) is 13.4 Å². The van der Waals surface area contributed by atoms with E-state index in [1.165, 1.54) is 0 Å². The Kier molecular flexibility index (Phi) is 5.28. The summed E-state index contributed by atoms with van der Waals surface area (Å²) in [6.07, 6.45) is 0. The Balaban J connectivity index is 1.85. The molecule has 108 valence electrons. The summed E-state index contributed by atoms with van der Waals surface area (Å²) in [7, 11) is -2.89. The highest BCUT2D eigenvalue weighted by Crippen LogP contribution is 2.21. The second-order valence-electron chi connectivity index (χ2n) is 4.41. The molecule has 0 saturated carbocycles. The molecule has 4 nitrogen and oxygen atoms in total. The van der Waals surface area contributed by atoms with Crippen molar-refractivity contribution in [2.24, 2.45) is 0 Å². The molecule has 20 heavy (non-hydrogen) atoms. The lowest BCUT2D eigenvalue weighted by Gasteiger charge is -2.02. The average molecular weight is 310 g/mol. The Morgan fingerprint density at radius 3 is 2.70 bits per heavy atom. The standard InChI is InChI=1S/C14H18N2O2S2/c1-2-20(17,18)9-8-15-10-14-16-13(11-19-14)12-6-4-3-5-7-12/h3-7,11,15H,2,8-10H2,1H3. The van der Waals surface area contributed by atoms with Crippen molar-refractivity contribution in [2.45, 2.75) is 13.5 Å². The average Bonchev–Trinajstić information content (AvgIpc) is 2.93. The van der Waals surface area contributed by atoms with E-state index in [1.807, 2.05) is 35.7 Å². The van der Waals surface area contributed by atoms with Crippen molar-refractivity contribution in [3.63, 3.8) is 0 Å². The molecular weight excluding hydrogens is 292 g/mol. The van der Waals surface area contributed by atoms with Crippen molar-refractivity contribution in [3.05, 3.63) is 40.7 Å². The molecule has 2 aromatic rings. The number of rotatable bonds is 7. The van der Waals surface area contributed by atoms with Crippen LogP contribution in [0, 0.1) is 0 Å². The highest BCUT2D eigenvalue weighted by Gasteiger charge is 2.07. The van der Waals surface area contributed by atoms with Gasteiger partial charge in [-0.3, -0.25) is 0 Å². The molecule has 0 unspecified atom stereocenters. The topological polar surface area (TPSA) is 59.1 Å². The van der Waals surface area contributed by atoms with Crippen LogP contribution in [0.2, 0.25) is 0 Å². The van der Waals surface area contributed by atoms with E-state index in [-0.39, 0.29) is 11.5 Å². The highest BCUT2D eigenvalue weighted by atomic mass is 32.2. The molecular formula is C14H18N2O2S2. The second kappa shape index (κ2) is 6.97. The van der Waals surface area contributed by atoms with Crippen LogP contribution in [-0.2, 0) is 16.4 Å². The van der Waals surface area contributed by atoms with Gasteiger partial charge in [0.1, 0.15) is 5.01 Å². The van der Waals surface area contributed by atoms with Crippen molar-refractivity contribution in [2.75, 3.05) is 18.1 Å². The van der Waals surface area contributed by atoms with E-state index in [0.29, 0.717) is 13.1 Å². The predicted octanol–water partition coefficient (Wildman–Crippen LogP) is 2.33. The van der Waals surface area contributed by atoms with Crippen molar-refractivity contribution in [1.82, 2.24) is 10.3 Å². The first-order valence-electron chi connectivity index (χ1n) is 6.51. The van der Waals surface area contributed by atoms with E-state index in [9.17, 15) is 8.42 Å². The molecule has 0 amide bonds. The van der Waals surface area contributed by atoms with Crippen LogP contribution in [0.3, 0.4) is 0 Å². The van der Waals surface area contributed by atoms with Gasteiger partial charge in [-0.15, -0.1) is 11.3 Å². The van der Waals surface area contributed by atoms with Crippen LogP contribution in [0.4, 0.5) is 0 Å². The molecule has 0 aliphatic rings. The first-order chi connectivity index (χ1) is 9.61. The SMILES string of the molecule is CCS(=O)(=O)CCNCc1nc(-c2ccccc2)cs1. The summed E-state index contributed by atoms with van der Waals surface area (Å²) in [5, 5.41) is 6.12. The zero-order chi connectivity index (χ0) is 14.4. The van der Waals surface area contributed by atoms with Crippen molar-refractivity contribution < 1.29 is 8.42 Å². The van der Waals surface area contributed by atoms with Gasteiger partial charge in [-0.05, 0) is 0 Å². The fraction of sp³-hybridized carbons (Fsp3) is 0.357. The van der Waals surface area contributed by atoms with E-state index in [0.717, 1.165) is 16.3 Å². The third-order valence-electron chi connectivity index (χ3n) is 2.93. The minimum atomic E-state index is -2.89. The van der Waals surface area contributed by atoms with Crippen LogP contribution in [0.15, 0.2) is 35.7 Å². The molecule has 0 spiro atoms. The Morgan fingerprint density at radius 2 is 2.00 bits per heavy atom. The van der Waals surface area contributed by atoms with Gasteiger partial charge in [0, 0.05) is 29.8 Å². The van der Waals surface area contributed by atoms with Crippen molar-refractivity contribution in [1.29, 1.82) is 0 Å². The van der Waals surface area contributed by atoms with Crippen molar-refractivity contribution in [3.8, 4) is 11.3 Å². The molecule has 1 heterocycles. The molecule has 0 aliphatic heterocycles. The summed E-state index contributed by atoms with van der Waals surface area (Å²) in [5.41, 5.74) is 2.07. The molecule has 0 atom stereocenters. The normalized spacial score (nSPS) is 11.7. The van der Waals surface area contributed by atoms with E-state index in [1.54, 1.807) is 18.3 Å². The summed E-state index contributed by atoms with van der Waals surface area (Å²) >= 11 is 1.59. The van der Waals surface area contributed by atoms with Crippen LogP contribution in [0.5, 0.6) is 0 Å². The minimum absolute atomic E-state index is 0.181. The van der Waals surface area contributed by atoms with Crippen LogP contribution in [0.1, 0.15) is 11.9 Å². The van der Waals surface area contributed by atoms with Gasteiger partial charge in [0.2, 0.25) is 0 Å². The summed E-state index contributed by atoms with van der Waals surface area (Å²) in [4.78, 5) is 4.54. The zero-order valence-electron chi connectivity index (χ0n) is 11.4. The lowest BCUT2D eigenvalue weighted by molar-refractivity contribution is 0.591. The number of sulfone groups is 1. The molecule has 1 aromatic heterocycles. The Bertz CT molecular complexity index is 636. The number of nitrogens with zero attached hydrogens (tertiary/aromatic N) is 1. The van der Waals surface area contributed by atoms with Gasteiger partial charge in [0.25, 0.3) is 0 Å². The number of hydrogen-bond donors (Lipinski definition) is 1. The fourth-order valence-corrected chi connectivity index (χ4v) is 3.22. The van der Waals surface area contributed by atoms with Crippen LogP contribution < -0.4 is 5.32 Å². The predicted molar refractivity (Wildman–Crippen MR) is 83.6 cm³/mol. The van der Waals surface area contributed by atoms with E-state index in [2.05, 4.69) is 10.3 Å². The number of nitrogens with one attached hydrogen (secondary N) is 1. The molecule has 6 heteroatoms. The molecule has 1 N–H and O–H groups in total. The highest BCUT2D eigenvalue weighted by molar-refractivity contribution is 7.91. The third-order valence-corrected chi connectivity index (χ3v) is 5.48. The van der Waals surface area contributed by atoms with E-state index < -0.39 is 9.84 Å². The maximum absolute atomic E-state index is 11.3. The van der Waals surface area contributed by atoms with Crippen LogP contribution in [0.25, 0.3) is 11.3 Å². The third kappa shape index (κ3) is 4.40. The van der Waals surface area contributed by atoms with E-state index in [4.69, 9.17) is 0 Å². The molecule has 2 rings (SSSR count). The number of hydrogen-bond acceptors (Lipinski definition) is 5. The first kappa shape index (κ1) is 15.2. The number of thiazole rings is 1. The lowest BCUT2D eigenvalue weighted by Crippen LogP contribution is -2.23. The molecule has 0 bridgehead atoms. The maximum Gasteiger partial charge on any atom is 0.151 e. The quantitative estimate of drug-likeness (QED) is 0.798. The zero-order valence-corrected chi connectivity index (χ0v) is 13.0. The second-order valence-corrected chi connectivity index (χ2v) is 7.82. The van der Waals surface area contributed by atoms with Crippen molar-refractivity contribution >= 4 is 21.2 Å². The molecule has 0 saturated heterocycles. The minimum Gasteiger partial charge on any atom is -0.309 e. The number of aromatic nitrogens is 1. The summed E-state index contributed by atoms with van der Waals surface area (Å²) in [5.74, 6) is 0.379. The first-order valence-corrected chi connectivity index (χ1v) is 9.22. The molecule has 0 fully saturated rings. The molecule has 0 aliphatic carbocycles. The van der Waals surface area contributed by atoms with Gasteiger partial charge in [-0.1, -0.05) is 37.3 Å². The Morgan fingerprint density at radius 1 is 1.25 bits per heavy atom. The maximum atomic E-state index is 11.3. The van der Waals surface area contributed by atoms with Gasteiger partial charge in [-0.2, -0.15) is 0 Å². The summed E-state index contributed by atoms with van der Waals surface area (Å²) < 4.78 is 22.7. The summed E-state index contributed by atoms with van der Waals surface area (Å²) in [6, 6.07) is 10.0. The lowest BCUT2D eigenvalue weighted by atomic mass is 10.2. The van der Waals surface area contributed by atoms with Crippen LogP contribution in [-0.4, -0.2) is 31.5 Å².